The number of hydrogen-bond donors (Lipinski definition) is 2. The van der Waals surface area contributed by atoms with Crippen LogP contribution >= 0.6 is 0 Å². The van der Waals surface area contributed by atoms with Gasteiger partial charge in [0.2, 0.25) is 5.82 Å². The minimum Gasteiger partial charge on any atom is -0.507 e. The smallest absolute Gasteiger partial charge is 0.289 e. The normalized spacial score (nSPS) is 14.4. The summed E-state index contributed by atoms with van der Waals surface area (Å²) < 4.78 is 12.6. The number of ether oxygens (including phenoxy) is 2. The monoisotopic (exact) mass is 493 g/mol. The number of methoxy groups -OCH3 is 1. The average Bonchev–Trinajstić information content (AvgIpc) is 3.29. The van der Waals surface area contributed by atoms with E-state index in [1.807, 2.05) is 44.2 Å². The molecule has 9 nitrogen and oxygen atoms in total. The Morgan fingerprint density at radius 2 is 1.81 bits per heavy atom. The summed E-state index contributed by atoms with van der Waals surface area (Å²) in [6.07, 6.45) is 0. The summed E-state index contributed by atoms with van der Waals surface area (Å²) >= 11 is 0. The first-order valence-corrected chi connectivity index (χ1v) is 12.4. The third kappa shape index (κ3) is 5.52. The van der Waals surface area contributed by atoms with Crippen molar-refractivity contribution in [3.63, 3.8) is 0 Å². The summed E-state index contributed by atoms with van der Waals surface area (Å²) in [4.78, 5) is 15.4. The van der Waals surface area contributed by atoms with Crippen molar-refractivity contribution in [3.05, 3.63) is 53.3 Å². The van der Waals surface area contributed by atoms with Crippen LogP contribution in [0.2, 0.25) is 0 Å². The molecule has 1 amide bonds. The van der Waals surface area contributed by atoms with Gasteiger partial charge in [-0.05, 0) is 49.1 Å². The Labute approximate surface area is 212 Å². The van der Waals surface area contributed by atoms with Gasteiger partial charge in [0.1, 0.15) is 11.5 Å². The Morgan fingerprint density at radius 1 is 1.11 bits per heavy atom. The summed E-state index contributed by atoms with van der Waals surface area (Å²) in [5.41, 5.74) is 3.30. The first-order valence-electron chi connectivity index (χ1n) is 12.4. The van der Waals surface area contributed by atoms with Gasteiger partial charge in [-0.1, -0.05) is 26.0 Å². The summed E-state index contributed by atoms with van der Waals surface area (Å²) in [6.45, 7) is 12.0. The summed E-state index contributed by atoms with van der Waals surface area (Å²) in [6, 6.07) is 11.4. The molecule has 36 heavy (non-hydrogen) atoms. The van der Waals surface area contributed by atoms with E-state index in [2.05, 4.69) is 34.3 Å². The molecular weight excluding hydrogens is 458 g/mol. The van der Waals surface area contributed by atoms with Gasteiger partial charge in [0.25, 0.3) is 5.91 Å². The molecule has 4 rings (SSSR count). The maximum atomic E-state index is 13.0. The number of benzene rings is 2. The number of nitrogens with one attached hydrogen (secondary N) is 1. The molecule has 0 atom stereocenters. The number of morpholine rings is 1. The van der Waals surface area contributed by atoms with Gasteiger partial charge in [0.05, 0.1) is 25.9 Å². The van der Waals surface area contributed by atoms with Crippen molar-refractivity contribution in [2.45, 2.75) is 46.2 Å². The first-order chi connectivity index (χ1) is 17.3. The van der Waals surface area contributed by atoms with Crippen molar-refractivity contribution < 1.29 is 19.4 Å². The van der Waals surface area contributed by atoms with Crippen LogP contribution < -0.4 is 10.1 Å². The van der Waals surface area contributed by atoms with E-state index in [-0.39, 0.29) is 29.4 Å². The minimum absolute atomic E-state index is 0.00431. The van der Waals surface area contributed by atoms with Gasteiger partial charge in [-0.25, -0.2) is 0 Å². The van der Waals surface area contributed by atoms with Gasteiger partial charge in [-0.15, -0.1) is 10.2 Å². The number of aromatic hydroxyl groups is 1. The van der Waals surface area contributed by atoms with Crippen LogP contribution in [0.4, 0.5) is 0 Å². The van der Waals surface area contributed by atoms with Crippen LogP contribution in [0.15, 0.2) is 36.4 Å². The highest BCUT2D eigenvalue weighted by molar-refractivity contribution is 5.92. The standard InChI is InChI=1S/C27H35N5O4/c1-17(2)21-14-22(23(33)15-24(21)35-5)25-29-30-26(27(34)28-18(3)4)32(25)20-8-6-19(7-9-20)16-31-10-12-36-13-11-31/h6-9,14-15,17-18,33H,10-13,16H2,1-5H3,(H,28,34). The fourth-order valence-corrected chi connectivity index (χ4v) is 4.34. The topological polar surface area (TPSA) is 102 Å². The van der Waals surface area contributed by atoms with E-state index in [9.17, 15) is 9.90 Å². The molecule has 2 heterocycles. The molecule has 0 saturated carbocycles. The van der Waals surface area contributed by atoms with Crippen LogP contribution in [0.5, 0.6) is 11.5 Å². The fourth-order valence-electron chi connectivity index (χ4n) is 4.34. The van der Waals surface area contributed by atoms with Crippen LogP contribution in [-0.2, 0) is 11.3 Å². The molecule has 0 bridgehead atoms. The second-order valence-electron chi connectivity index (χ2n) is 9.63. The Balaban J connectivity index is 1.78. The van der Waals surface area contributed by atoms with Crippen LogP contribution in [0.1, 0.15) is 55.4 Å². The van der Waals surface area contributed by atoms with E-state index in [1.165, 1.54) is 0 Å². The third-order valence-electron chi connectivity index (χ3n) is 6.20. The fraction of sp³-hybridized carbons (Fsp3) is 0.444. The van der Waals surface area contributed by atoms with Crippen molar-refractivity contribution in [3.8, 4) is 28.6 Å². The Morgan fingerprint density at radius 3 is 2.42 bits per heavy atom. The quantitative estimate of drug-likeness (QED) is 0.493. The van der Waals surface area contributed by atoms with Crippen LogP contribution in [0, 0.1) is 0 Å². The van der Waals surface area contributed by atoms with E-state index in [4.69, 9.17) is 9.47 Å². The number of amides is 1. The maximum absolute atomic E-state index is 13.0. The zero-order valence-electron chi connectivity index (χ0n) is 21.6. The molecule has 1 saturated heterocycles. The largest absolute Gasteiger partial charge is 0.507 e. The molecule has 2 aromatic carbocycles. The molecule has 192 valence electrons. The van der Waals surface area contributed by atoms with Crippen LogP contribution in [0.3, 0.4) is 0 Å². The number of nitrogens with zero attached hydrogens (tertiary/aromatic N) is 4. The Kier molecular flexibility index (Phi) is 7.91. The lowest BCUT2D eigenvalue weighted by Crippen LogP contribution is -2.35. The van der Waals surface area contributed by atoms with E-state index in [1.54, 1.807) is 17.7 Å². The highest BCUT2D eigenvalue weighted by Gasteiger charge is 2.25. The minimum atomic E-state index is -0.335. The number of aromatic nitrogens is 3. The van der Waals surface area contributed by atoms with Crippen LogP contribution in [-0.4, -0.2) is 70.1 Å². The van der Waals surface area contributed by atoms with E-state index in [0.29, 0.717) is 17.1 Å². The molecule has 1 fully saturated rings. The van der Waals surface area contributed by atoms with Gasteiger partial charge in [0, 0.05) is 37.4 Å². The molecule has 2 N–H and O–H groups in total. The predicted molar refractivity (Wildman–Crippen MR) is 138 cm³/mol. The van der Waals surface area contributed by atoms with E-state index >= 15 is 0 Å². The number of rotatable bonds is 8. The Bertz CT molecular complexity index is 1200. The van der Waals surface area contributed by atoms with Gasteiger partial charge in [-0.3, -0.25) is 14.3 Å². The lowest BCUT2D eigenvalue weighted by molar-refractivity contribution is 0.0342. The van der Waals surface area contributed by atoms with Gasteiger partial charge < -0.3 is 19.9 Å². The lowest BCUT2D eigenvalue weighted by atomic mass is 9.98. The number of phenols is 1. The molecule has 3 aromatic rings. The number of hydrogen-bond acceptors (Lipinski definition) is 7. The second kappa shape index (κ2) is 11.1. The van der Waals surface area contributed by atoms with Crippen molar-refractivity contribution >= 4 is 5.91 Å². The van der Waals surface area contributed by atoms with Crippen molar-refractivity contribution in [2.24, 2.45) is 0 Å². The maximum Gasteiger partial charge on any atom is 0.289 e. The zero-order valence-corrected chi connectivity index (χ0v) is 21.6. The lowest BCUT2D eigenvalue weighted by Gasteiger charge is -2.26. The van der Waals surface area contributed by atoms with Gasteiger partial charge in [-0.2, -0.15) is 0 Å². The number of carbonyl (C=O) groups excluding carboxylic acids is 1. The third-order valence-corrected chi connectivity index (χ3v) is 6.20. The zero-order chi connectivity index (χ0) is 25.8. The number of carbonyl (C=O) groups is 1. The van der Waals surface area contributed by atoms with Gasteiger partial charge in [0.15, 0.2) is 5.82 Å². The average molecular weight is 494 g/mol. The summed E-state index contributed by atoms with van der Waals surface area (Å²) in [5.74, 6) is 0.956. The highest BCUT2D eigenvalue weighted by Crippen LogP contribution is 2.38. The van der Waals surface area contributed by atoms with E-state index < -0.39 is 0 Å². The van der Waals surface area contributed by atoms with E-state index in [0.717, 1.165) is 49.7 Å². The summed E-state index contributed by atoms with van der Waals surface area (Å²) in [5, 5.41) is 22.4. The molecule has 0 unspecified atom stereocenters. The summed E-state index contributed by atoms with van der Waals surface area (Å²) in [7, 11) is 1.58. The molecule has 9 heteroatoms. The van der Waals surface area contributed by atoms with Crippen molar-refractivity contribution in [1.82, 2.24) is 25.0 Å². The molecule has 1 aromatic heterocycles. The molecular formula is C27H35N5O4. The van der Waals surface area contributed by atoms with Crippen molar-refractivity contribution in [2.75, 3.05) is 33.4 Å². The molecule has 1 aliphatic heterocycles. The van der Waals surface area contributed by atoms with Gasteiger partial charge >= 0.3 is 0 Å². The Hall–Kier alpha value is -3.43. The molecule has 0 radical (unpaired) electrons. The SMILES string of the molecule is COc1cc(O)c(-c2nnc(C(=O)NC(C)C)n2-c2ccc(CN3CCOCC3)cc2)cc1C(C)C. The molecule has 1 aliphatic rings. The highest BCUT2D eigenvalue weighted by atomic mass is 16.5. The molecule has 0 spiro atoms. The predicted octanol–water partition coefficient (Wildman–Crippen LogP) is 3.74. The first kappa shape index (κ1) is 25.7. The molecule has 0 aliphatic carbocycles. The van der Waals surface area contributed by atoms with Crippen molar-refractivity contribution in [1.29, 1.82) is 0 Å². The number of phenolic OH excluding ortho intramolecular Hbond substituents is 1. The van der Waals surface area contributed by atoms with Crippen LogP contribution in [0.25, 0.3) is 17.1 Å². The second-order valence-corrected chi connectivity index (χ2v) is 9.63.